The van der Waals surface area contributed by atoms with Crippen LogP contribution in [-0.4, -0.2) is 40.9 Å². The summed E-state index contributed by atoms with van der Waals surface area (Å²) in [4.78, 5) is 44.1. The van der Waals surface area contributed by atoms with Gasteiger partial charge in [0.05, 0.1) is 17.3 Å². The van der Waals surface area contributed by atoms with Crippen molar-refractivity contribution in [2.75, 3.05) is 18.5 Å². The number of anilines is 1. The molecule has 4 amide bonds. The molecular formula is C23H20N4O4S. The summed E-state index contributed by atoms with van der Waals surface area (Å²) >= 11 is 1.55. The van der Waals surface area contributed by atoms with Crippen molar-refractivity contribution in [2.24, 2.45) is 0 Å². The van der Waals surface area contributed by atoms with Crippen LogP contribution < -0.4 is 15.4 Å². The molecule has 1 atom stereocenters. The maximum Gasteiger partial charge on any atom is 0.325 e. The van der Waals surface area contributed by atoms with Gasteiger partial charge in [-0.2, -0.15) is 0 Å². The van der Waals surface area contributed by atoms with Crippen LogP contribution >= 0.6 is 11.3 Å². The first-order valence-corrected chi connectivity index (χ1v) is 11.0. The molecule has 0 bridgehead atoms. The number of urea groups is 1. The van der Waals surface area contributed by atoms with Crippen molar-refractivity contribution >= 4 is 34.9 Å². The van der Waals surface area contributed by atoms with Crippen molar-refractivity contribution in [3.63, 3.8) is 0 Å². The molecule has 2 aromatic carbocycles. The van der Waals surface area contributed by atoms with Gasteiger partial charge in [0.1, 0.15) is 12.3 Å². The summed E-state index contributed by atoms with van der Waals surface area (Å²) in [5.41, 5.74) is 1.68. The average Bonchev–Trinajstić information content (AvgIpc) is 3.32. The second kappa shape index (κ2) is 7.76. The molecule has 2 aliphatic rings. The zero-order valence-corrected chi connectivity index (χ0v) is 18.1. The van der Waals surface area contributed by atoms with Crippen LogP contribution in [0.2, 0.25) is 0 Å². The molecule has 1 fully saturated rings. The summed E-state index contributed by atoms with van der Waals surface area (Å²) in [6.45, 7) is 1.85. The van der Waals surface area contributed by atoms with Gasteiger partial charge in [0.25, 0.3) is 5.91 Å². The molecule has 1 saturated heterocycles. The lowest BCUT2D eigenvalue weighted by Gasteiger charge is -2.33. The van der Waals surface area contributed by atoms with E-state index in [-0.39, 0.29) is 6.54 Å². The maximum atomic E-state index is 13.3. The Morgan fingerprint density at radius 3 is 2.91 bits per heavy atom. The summed E-state index contributed by atoms with van der Waals surface area (Å²) < 4.78 is 5.63. The predicted molar refractivity (Wildman–Crippen MR) is 119 cm³/mol. The van der Waals surface area contributed by atoms with Crippen molar-refractivity contribution in [1.29, 1.82) is 0 Å². The van der Waals surface area contributed by atoms with Gasteiger partial charge >= 0.3 is 6.03 Å². The number of nitrogens with zero attached hydrogens (tertiary/aromatic N) is 2. The van der Waals surface area contributed by atoms with Crippen molar-refractivity contribution in [1.82, 2.24) is 15.2 Å². The molecule has 0 radical (unpaired) electrons. The molecule has 0 aliphatic carbocycles. The van der Waals surface area contributed by atoms with Gasteiger partial charge in [-0.25, -0.2) is 9.78 Å². The molecule has 9 heteroatoms. The number of nitrogens with one attached hydrogen (secondary N) is 2. The number of amides is 4. The van der Waals surface area contributed by atoms with Crippen LogP contribution in [0.5, 0.6) is 5.75 Å². The topological polar surface area (TPSA) is 101 Å². The number of imide groups is 1. The minimum Gasteiger partial charge on any atom is -0.493 e. The van der Waals surface area contributed by atoms with E-state index < -0.39 is 23.4 Å². The highest BCUT2D eigenvalue weighted by atomic mass is 32.1. The van der Waals surface area contributed by atoms with Crippen LogP contribution in [0.4, 0.5) is 10.5 Å². The lowest BCUT2D eigenvalue weighted by atomic mass is 9.84. The number of aryl methyl sites for hydroxylation is 1. The number of ether oxygens (including phenoxy) is 1. The number of benzene rings is 2. The third kappa shape index (κ3) is 3.40. The number of hydrogen-bond acceptors (Lipinski definition) is 6. The van der Waals surface area contributed by atoms with Gasteiger partial charge in [-0.05, 0) is 25.1 Å². The van der Waals surface area contributed by atoms with Crippen molar-refractivity contribution in [3.05, 3.63) is 64.5 Å². The third-order valence-electron chi connectivity index (χ3n) is 5.62. The van der Waals surface area contributed by atoms with Crippen molar-refractivity contribution < 1.29 is 19.1 Å². The maximum absolute atomic E-state index is 13.3. The highest BCUT2D eigenvalue weighted by Gasteiger charge is 2.55. The van der Waals surface area contributed by atoms with E-state index in [4.69, 9.17) is 4.74 Å². The fraction of sp³-hybridized carbons (Fsp3) is 0.217. The van der Waals surface area contributed by atoms with Crippen molar-refractivity contribution in [3.8, 4) is 17.0 Å². The van der Waals surface area contributed by atoms with Gasteiger partial charge in [0.2, 0.25) is 5.91 Å². The number of carbonyl (C=O) groups excluding carboxylic acids is 3. The van der Waals surface area contributed by atoms with E-state index in [2.05, 4.69) is 15.6 Å². The molecule has 2 aliphatic heterocycles. The van der Waals surface area contributed by atoms with E-state index >= 15 is 0 Å². The second-order valence-electron chi connectivity index (χ2n) is 7.70. The Balaban J connectivity index is 1.33. The molecular weight excluding hydrogens is 428 g/mol. The third-order valence-corrected chi connectivity index (χ3v) is 6.39. The summed E-state index contributed by atoms with van der Waals surface area (Å²) in [5.74, 6) is -0.342. The number of hydrogen-bond donors (Lipinski definition) is 2. The monoisotopic (exact) mass is 448 g/mol. The van der Waals surface area contributed by atoms with E-state index in [1.165, 1.54) is 0 Å². The first-order chi connectivity index (χ1) is 15.5. The molecule has 1 aromatic heterocycles. The Hall–Kier alpha value is -3.72. The summed E-state index contributed by atoms with van der Waals surface area (Å²) in [5, 5.41) is 8.48. The van der Waals surface area contributed by atoms with Gasteiger partial charge in [-0.1, -0.05) is 30.3 Å². The lowest BCUT2D eigenvalue weighted by molar-refractivity contribution is -0.135. The van der Waals surface area contributed by atoms with Gasteiger partial charge < -0.3 is 15.4 Å². The van der Waals surface area contributed by atoms with E-state index in [1.807, 2.05) is 36.6 Å². The van der Waals surface area contributed by atoms with Gasteiger partial charge in [0.15, 0.2) is 5.54 Å². The first kappa shape index (κ1) is 20.2. The Kier molecular flexibility index (Phi) is 4.90. The molecule has 3 heterocycles. The smallest absolute Gasteiger partial charge is 0.325 e. The molecule has 1 unspecified atom stereocenters. The summed E-state index contributed by atoms with van der Waals surface area (Å²) in [6.07, 6.45) is 0.307. The number of fused-ring (bicyclic) bond motifs is 2. The zero-order valence-electron chi connectivity index (χ0n) is 17.3. The molecule has 1 spiro atoms. The molecule has 2 N–H and O–H groups in total. The molecule has 8 nitrogen and oxygen atoms in total. The Labute approximate surface area is 188 Å². The van der Waals surface area contributed by atoms with Gasteiger partial charge in [0, 0.05) is 28.6 Å². The standard InChI is InChI=1S/C23H20N4O4S/c1-14-24-18(13-32-14)15-5-4-6-16(11-15)25-20(28)12-27-21(29)23(26-22(27)30)9-10-31-19-8-3-2-7-17(19)23/h2-8,11,13H,9-10,12H2,1H3,(H,25,28)(H,26,30). The first-order valence-electron chi connectivity index (χ1n) is 10.2. The highest BCUT2D eigenvalue weighted by molar-refractivity contribution is 7.09. The average molecular weight is 449 g/mol. The van der Waals surface area contributed by atoms with Crippen LogP contribution in [-0.2, 0) is 15.1 Å². The fourth-order valence-electron chi connectivity index (χ4n) is 4.11. The quantitative estimate of drug-likeness (QED) is 0.597. The SMILES string of the molecule is Cc1nc(-c2cccc(NC(=O)CN3C(=O)NC4(CCOc5ccccc54)C3=O)c2)cs1. The molecule has 0 saturated carbocycles. The molecule has 3 aromatic rings. The Morgan fingerprint density at radius 1 is 1.25 bits per heavy atom. The predicted octanol–water partition coefficient (Wildman–Crippen LogP) is 3.29. The number of aromatic nitrogens is 1. The zero-order chi connectivity index (χ0) is 22.3. The van der Waals surface area contributed by atoms with Crippen LogP contribution in [0.3, 0.4) is 0 Å². The van der Waals surface area contributed by atoms with Crippen LogP contribution in [0.25, 0.3) is 11.3 Å². The number of thiazole rings is 1. The van der Waals surface area contributed by atoms with E-state index in [0.717, 1.165) is 21.2 Å². The van der Waals surface area contributed by atoms with Crippen LogP contribution in [0.1, 0.15) is 17.0 Å². The van der Waals surface area contributed by atoms with Crippen LogP contribution in [0, 0.1) is 6.92 Å². The van der Waals surface area contributed by atoms with E-state index in [1.54, 1.807) is 35.6 Å². The van der Waals surface area contributed by atoms with Crippen molar-refractivity contribution in [2.45, 2.75) is 18.9 Å². The normalized spacial score (nSPS) is 19.5. The minimum absolute atomic E-state index is 0.298. The lowest BCUT2D eigenvalue weighted by Crippen LogP contribution is -2.48. The fourth-order valence-corrected chi connectivity index (χ4v) is 4.73. The summed E-state index contributed by atoms with van der Waals surface area (Å²) in [7, 11) is 0. The number of carbonyl (C=O) groups is 3. The minimum atomic E-state index is -1.20. The molecule has 32 heavy (non-hydrogen) atoms. The van der Waals surface area contributed by atoms with E-state index in [0.29, 0.717) is 30.0 Å². The van der Waals surface area contributed by atoms with E-state index in [9.17, 15) is 14.4 Å². The molecule has 162 valence electrons. The number of para-hydroxylation sites is 1. The van der Waals surface area contributed by atoms with Gasteiger partial charge in [-0.3, -0.25) is 14.5 Å². The summed E-state index contributed by atoms with van der Waals surface area (Å²) in [6, 6.07) is 13.8. The molecule has 5 rings (SSSR count). The largest absolute Gasteiger partial charge is 0.493 e. The number of rotatable bonds is 4. The van der Waals surface area contributed by atoms with Gasteiger partial charge in [-0.15, -0.1) is 11.3 Å². The Bertz CT molecular complexity index is 1240. The second-order valence-corrected chi connectivity index (χ2v) is 8.76. The highest BCUT2D eigenvalue weighted by Crippen LogP contribution is 2.40. The Morgan fingerprint density at radius 2 is 2.09 bits per heavy atom. The van der Waals surface area contributed by atoms with Crippen LogP contribution in [0.15, 0.2) is 53.9 Å².